The van der Waals surface area contributed by atoms with Gasteiger partial charge in [-0.2, -0.15) is 0 Å². The number of nitrogens with one attached hydrogen (secondary N) is 1. The first kappa shape index (κ1) is 15.1. The molecule has 0 bridgehead atoms. The number of aryl methyl sites for hydroxylation is 1. The number of benzene rings is 1. The monoisotopic (exact) mass is 326 g/mol. The Kier molecular flexibility index (Phi) is 4.11. The van der Waals surface area contributed by atoms with E-state index >= 15 is 0 Å². The minimum Gasteiger partial charge on any atom is -0.486 e. The summed E-state index contributed by atoms with van der Waals surface area (Å²) in [4.78, 5) is 11.5. The van der Waals surface area contributed by atoms with Crippen molar-refractivity contribution < 1.29 is 9.47 Å². The molecule has 6 nitrogen and oxygen atoms in total. The van der Waals surface area contributed by atoms with Gasteiger partial charge in [0.15, 0.2) is 11.5 Å². The summed E-state index contributed by atoms with van der Waals surface area (Å²) < 4.78 is 11.2. The second-order valence-corrected chi connectivity index (χ2v) is 6.19. The Morgan fingerprint density at radius 1 is 0.958 bits per heavy atom. The Labute approximate surface area is 141 Å². The number of aromatic nitrogens is 2. The minimum atomic E-state index is 0.585. The van der Waals surface area contributed by atoms with Gasteiger partial charge in [-0.25, -0.2) is 9.97 Å². The Morgan fingerprint density at radius 3 is 2.58 bits per heavy atom. The van der Waals surface area contributed by atoms with E-state index in [1.165, 1.54) is 19.3 Å². The van der Waals surface area contributed by atoms with Gasteiger partial charge in [-0.1, -0.05) is 0 Å². The normalized spacial score (nSPS) is 16.8. The molecule has 0 unspecified atom stereocenters. The first-order valence-corrected chi connectivity index (χ1v) is 8.55. The van der Waals surface area contributed by atoms with E-state index in [1.807, 2.05) is 31.2 Å². The summed E-state index contributed by atoms with van der Waals surface area (Å²) in [6.07, 6.45) is 3.77. The Hall–Kier alpha value is -2.50. The van der Waals surface area contributed by atoms with E-state index in [1.54, 1.807) is 0 Å². The van der Waals surface area contributed by atoms with Crippen molar-refractivity contribution >= 4 is 17.3 Å². The summed E-state index contributed by atoms with van der Waals surface area (Å²) in [5.41, 5.74) is 0.932. The Bertz CT molecular complexity index is 729. The lowest BCUT2D eigenvalue weighted by molar-refractivity contribution is 0.171. The molecule has 0 radical (unpaired) electrons. The predicted octanol–water partition coefficient (Wildman–Crippen LogP) is 3.29. The van der Waals surface area contributed by atoms with Crippen molar-refractivity contribution in [1.29, 1.82) is 0 Å². The van der Waals surface area contributed by atoms with Crippen LogP contribution in [-0.4, -0.2) is 36.3 Å². The molecular weight excluding hydrogens is 304 g/mol. The van der Waals surface area contributed by atoms with Crippen molar-refractivity contribution in [3.8, 4) is 11.5 Å². The zero-order valence-electron chi connectivity index (χ0n) is 13.9. The van der Waals surface area contributed by atoms with Gasteiger partial charge in [0.1, 0.15) is 30.7 Å². The van der Waals surface area contributed by atoms with Crippen molar-refractivity contribution in [2.24, 2.45) is 0 Å². The summed E-state index contributed by atoms with van der Waals surface area (Å²) in [6.45, 7) is 5.26. The maximum Gasteiger partial charge on any atom is 0.163 e. The molecule has 126 valence electrons. The second-order valence-electron chi connectivity index (χ2n) is 6.19. The number of fused-ring (bicyclic) bond motifs is 1. The molecule has 2 aliphatic heterocycles. The van der Waals surface area contributed by atoms with E-state index in [2.05, 4.69) is 20.2 Å². The number of hydrogen-bond acceptors (Lipinski definition) is 6. The van der Waals surface area contributed by atoms with Crippen LogP contribution < -0.4 is 19.7 Å². The van der Waals surface area contributed by atoms with Crippen molar-refractivity contribution in [1.82, 2.24) is 9.97 Å². The zero-order chi connectivity index (χ0) is 16.4. The van der Waals surface area contributed by atoms with Gasteiger partial charge in [-0.15, -0.1) is 0 Å². The third-order valence-corrected chi connectivity index (χ3v) is 4.32. The largest absolute Gasteiger partial charge is 0.486 e. The van der Waals surface area contributed by atoms with Crippen LogP contribution in [0, 0.1) is 6.92 Å². The summed E-state index contributed by atoms with van der Waals surface area (Å²) in [6, 6.07) is 7.88. The SMILES string of the molecule is Cc1nc(Nc2ccc3c(c2)OCCO3)cc(N2CCCCC2)n1. The summed E-state index contributed by atoms with van der Waals surface area (Å²) in [5.74, 6) is 4.15. The van der Waals surface area contributed by atoms with Crippen LogP contribution in [0.15, 0.2) is 24.3 Å². The molecule has 6 heteroatoms. The molecule has 2 aliphatic rings. The lowest BCUT2D eigenvalue weighted by Gasteiger charge is -2.28. The van der Waals surface area contributed by atoms with Gasteiger partial charge in [0.2, 0.25) is 0 Å². The van der Waals surface area contributed by atoms with Crippen molar-refractivity contribution in [3.63, 3.8) is 0 Å². The molecule has 24 heavy (non-hydrogen) atoms. The summed E-state index contributed by atoms with van der Waals surface area (Å²) in [5, 5.41) is 3.36. The topological polar surface area (TPSA) is 59.5 Å². The Balaban J connectivity index is 1.56. The fourth-order valence-electron chi connectivity index (χ4n) is 3.17. The van der Waals surface area contributed by atoms with Crippen molar-refractivity contribution in [2.75, 3.05) is 36.5 Å². The average molecular weight is 326 g/mol. The number of hydrogen-bond donors (Lipinski definition) is 1. The van der Waals surface area contributed by atoms with Gasteiger partial charge in [0.05, 0.1) is 0 Å². The van der Waals surface area contributed by atoms with E-state index in [4.69, 9.17) is 9.47 Å². The lowest BCUT2D eigenvalue weighted by Crippen LogP contribution is -2.30. The molecule has 0 atom stereocenters. The zero-order valence-corrected chi connectivity index (χ0v) is 13.9. The molecule has 0 aliphatic carbocycles. The van der Waals surface area contributed by atoms with Crippen LogP contribution in [0.2, 0.25) is 0 Å². The molecule has 0 amide bonds. The quantitative estimate of drug-likeness (QED) is 0.934. The first-order chi connectivity index (χ1) is 11.8. The van der Waals surface area contributed by atoms with Crippen LogP contribution in [0.4, 0.5) is 17.3 Å². The average Bonchev–Trinajstić information content (AvgIpc) is 2.62. The van der Waals surface area contributed by atoms with Gasteiger partial charge >= 0.3 is 0 Å². The highest BCUT2D eigenvalue weighted by atomic mass is 16.6. The summed E-state index contributed by atoms with van der Waals surface area (Å²) >= 11 is 0. The number of rotatable bonds is 3. The molecule has 4 rings (SSSR count). The fourth-order valence-corrected chi connectivity index (χ4v) is 3.17. The summed E-state index contributed by atoms with van der Waals surface area (Å²) in [7, 11) is 0. The van der Waals surface area contributed by atoms with Crippen LogP contribution in [0.5, 0.6) is 11.5 Å². The number of ether oxygens (including phenoxy) is 2. The van der Waals surface area contributed by atoms with E-state index < -0.39 is 0 Å². The second kappa shape index (κ2) is 6.55. The Morgan fingerprint density at radius 2 is 1.75 bits per heavy atom. The van der Waals surface area contributed by atoms with Crippen LogP contribution in [0.3, 0.4) is 0 Å². The third-order valence-electron chi connectivity index (χ3n) is 4.32. The van der Waals surface area contributed by atoms with Gasteiger partial charge in [0, 0.05) is 30.9 Å². The van der Waals surface area contributed by atoms with Gasteiger partial charge in [-0.05, 0) is 38.3 Å². The van der Waals surface area contributed by atoms with E-state index in [-0.39, 0.29) is 0 Å². The first-order valence-electron chi connectivity index (χ1n) is 8.55. The predicted molar refractivity (Wildman–Crippen MR) is 93.5 cm³/mol. The smallest absolute Gasteiger partial charge is 0.163 e. The maximum atomic E-state index is 5.64. The van der Waals surface area contributed by atoms with Crippen molar-refractivity contribution in [2.45, 2.75) is 26.2 Å². The molecule has 1 aromatic carbocycles. The van der Waals surface area contributed by atoms with Gasteiger partial charge in [0.25, 0.3) is 0 Å². The van der Waals surface area contributed by atoms with E-state index in [9.17, 15) is 0 Å². The van der Waals surface area contributed by atoms with Crippen LogP contribution in [0.25, 0.3) is 0 Å². The molecule has 0 spiro atoms. The van der Waals surface area contributed by atoms with E-state index in [0.717, 1.165) is 47.7 Å². The van der Waals surface area contributed by atoms with Gasteiger partial charge < -0.3 is 19.7 Å². The third kappa shape index (κ3) is 3.22. The van der Waals surface area contributed by atoms with Crippen LogP contribution in [-0.2, 0) is 0 Å². The van der Waals surface area contributed by atoms with E-state index in [0.29, 0.717) is 13.2 Å². The molecule has 1 aromatic heterocycles. The lowest BCUT2D eigenvalue weighted by atomic mass is 10.1. The number of piperidine rings is 1. The number of anilines is 3. The minimum absolute atomic E-state index is 0.585. The molecule has 3 heterocycles. The number of nitrogens with zero attached hydrogens (tertiary/aromatic N) is 3. The molecule has 1 fully saturated rings. The fraction of sp³-hybridized carbons (Fsp3) is 0.444. The highest BCUT2D eigenvalue weighted by molar-refractivity contribution is 5.63. The molecule has 2 aromatic rings. The van der Waals surface area contributed by atoms with Crippen LogP contribution >= 0.6 is 0 Å². The molecule has 1 saturated heterocycles. The van der Waals surface area contributed by atoms with Gasteiger partial charge in [-0.3, -0.25) is 0 Å². The maximum absolute atomic E-state index is 5.64. The highest BCUT2D eigenvalue weighted by Crippen LogP contribution is 2.33. The molecule has 1 N–H and O–H groups in total. The van der Waals surface area contributed by atoms with Crippen molar-refractivity contribution in [3.05, 3.63) is 30.1 Å². The molecule has 0 saturated carbocycles. The van der Waals surface area contributed by atoms with Crippen LogP contribution in [0.1, 0.15) is 25.1 Å². The standard InChI is InChI=1S/C18H22N4O2/c1-13-19-17(12-18(20-13)22-7-3-2-4-8-22)21-14-5-6-15-16(11-14)24-10-9-23-15/h5-6,11-12H,2-4,7-10H2,1H3,(H,19,20,21). The highest BCUT2D eigenvalue weighted by Gasteiger charge is 2.15. The molecular formula is C18H22N4O2.